The molecule has 0 saturated carbocycles. The zero-order valence-electron chi connectivity index (χ0n) is 20.1. The van der Waals surface area contributed by atoms with Gasteiger partial charge in [-0.3, -0.25) is 19.4 Å². The summed E-state index contributed by atoms with van der Waals surface area (Å²) in [7, 11) is 1.49. The number of methoxy groups -OCH3 is 1. The van der Waals surface area contributed by atoms with Crippen LogP contribution in [0.2, 0.25) is 5.02 Å². The lowest BCUT2D eigenvalue weighted by Crippen LogP contribution is -2.29. The highest BCUT2D eigenvalue weighted by molar-refractivity contribution is 6.31. The average molecular weight is 512 g/mol. The van der Waals surface area contributed by atoms with Crippen LogP contribution in [0.3, 0.4) is 0 Å². The van der Waals surface area contributed by atoms with Gasteiger partial charge < -0.3 is 10.1 Å². The number of nitrogens with zero attached hydrogens (tertiary/aromatic N) is 4. The topological polar surface area (TPSA) is 87.7 Å². The van der Waals surface area contributed by atoms with Crippen LogP contribution in [-0.2, 0) is 9.59 Å². The molecule has 2 amide bonds. The van der Waals surface area contributed by atoms with E-state index in [0.717, 1.165) is 13.1 Å². The van der Waals surface area contributed by atoms with Gasteiger partial charge in [-0.2, -0.15) is 0 Å². The summed E-state index contributed by atoms with van der Waals surface area (Å²) in [6.07, 6.45) is 8.28. The number of hydrogen-bond acceptors (Lipinski definition) is 6. The Hall–Kier alpha value is -3.56. The maximum Gasteiger partial charge on any atom is 0.248 e. The number of amides is 2. The molecule has 188 valence electrons. The Kier molecular flexibility index (Phi) is 8.12. The van der Waals surface area contributed by atoms with E-state index in [-0.39, 0.29) is 22.7 Å². The van der Waals surface area contributed by atoms with Crippen molar-refractivity contribution < 1.29 is 18.7 Å². The van der Waals surface area contributed by atoms with Gasteiger partial charge in [0.15, 0.2) is 5.82 Å². The Morgan fingerprint density at radius 3 is 2.67 bits per heavy atom. The maximum absolute atomic E-state index is 13.7. The van der Waals surface area contributed by atoms with Crippen molar-refractivity contribution in [2.45, 2.75) is 26.2 Å². The van der Waals surface area contributed by atoms with Crippen molar-refractivity contribution in [2.24, 2.45) is 0 Å². The Labute approximate surface area is 213 Å². The summed E-state index contributed by atoms with van der Waals surface area (Å²) in [4.78, 5) is 37.5. The molecule has 0 atom stereocenters. The number of nitrogens with one attached hydrogen (secondary N) is 1. The van der Waals surface area contributed by atoms with Crippen molar-refractivity contribution in [3.8, 4) is 5.75 Å². The number of hydrogen-bond donors (Lipinski definition) is 1. The quantitative estimate of drug-likeness (QED) is 0.444. The van der Waals surface area contributed by atoms with Crippen LogP contribution in [0.15, 0.2) is 48.8 Å². The number of ether oxygens (including phenoxy) is 1. The number of fused-ring (bicyclic) bond motifs is 1. The fraction of sp³-hybridized carbons (Fsp3) is 0.308. The van der Waals surface area contributed by atoms with Gasteiger partial charge in [-0.15, -0.1) is 0 Å². The summed E-state index contributed by atoms with van der Waals surface area (Å²) in [5.41, 5.74) is 1.24. The van der Waals surface area contributed by atoms with Crippen molar-refractivity contribution in [1.82, 2.24) is 14.9 Å². The first-order valence-electron chi connectivity index (χ1n) is 11.7. The Bertz CT molecular complexity index is 1310. The van der Waals surface area contributed by atoms with Crippen LogP contribution in [0.5, 0.6) is 5.75 Å². The van der Waals surface area contributed by atoms with Crippen molar-refractivity contribution in [3.05, 3.63) is 59.7 Å². The van der Waals surface area contributed by atoms with Gasteiger partial charge in [0.05, 0.1) is 29.0 Å². The van der Waals surface area contributed by atoms with Crippen LogP contribution >= 0.6 is 11.6 Å². The molecule has 1 aliphatic heterocycles. The average Bonchev–Trinajstić information content (AvgIpc) is 2.86. The van der Waals surface area contributed by atoms with E-state index in [1.165, 1.54) is 68.8 Å². The largest absolute Gasteiger partial charge is 0.494 e. The molecule has 4 rings (SSSR count). The number of benzene rings is 2. The zero-order valence-corrected chi connectivity index (χ0v) is 20.9. The SMILES string of the molecule is COc1cc2ncnc(N(C(C)=O)c3ccc(F)c(Cl)c3)c2cc1NC(=O)C=CCN1CCCCC1. The standard InChI is InChI=1S/C26H27ClFN5O3/c1-17(34)33(18-8-9-21(28)20(27)13-18)26-19-14-23(24(36-2)15-22(19)29-16-30-26)31-25(35)7-6-12-32-10-4-3-5-11-32/h6-9,13-16H,3-5,10-12H2,1-2H3,(H,31,35). The minimum absolute atomic E-state index is 0.122. The number of carbonyl (C=O) groups excluding carboxylic acids is 2. The van der Waals surface area contributed by atoms with Gasteiger partial charge in [-0.05, 0) is 50.2 Å². The minimum Gasteiger partial charge on any atom is -0.494 e. The molecule has 3 aromatic rings. The van der Waals surface area contributed by atoms with Crippen LogP contribution in [0, 0.1) is 5.82 Å². The molecule has 36 heavy (non-hydrogen) atoms. The first-order valence-corrected chi connectivity index (χ1v) is 12.0. The highest BCUT2D eigenvalue weighted by Crippen LogP contribution is 2.36. The third-order valence-electron chi connectivity index (χ3n) is 5.96. The second-order valence-corrected chi connectivity index (χ2v) is 8.88. The number of likely N-dealkylation sites (tertiary alicyclic amines) is 1. The summed E-state index contributed by atoms with van der Waals surface area (Å²) in [5, 5.41) is 3.21. The summed E-state index contributed by atoms with van der Waals surface area (Å²) in [6.45, 7) is 4.16. The molecule has 1 N–H and O–H groups in total. The van der Waals surface area contributed by atoms with Gasteiger partial charge in [0.1, 0.15) is 17.9 Å². The van der Waals surface area contributed by atoms with E-state index < -0.39 is 5.82 Å². The third-order valence-corrected chi connectivity index (χ3v) is 6.25. The lowest BCUT2D eigenvalue weighted by Gasteiger charge is -2.24. The van der Waals surface area contributed by atoms with Gasteiger partial charge in [-0.25, -0.2) is 14.4 Å². The molecular weight excluding hydrogens is 485 g/mol. The molecular formula is C26H27ClFN5O3. The second-order valence-electron chi connectivity index (χ2n) is 8.47. The van der Waals surface area contributed by atoms with Crippen LogP contribution in [0.25, 0.3) is 10.9 Å². The number of anilines is 3. The monoisotopic (exact) mass is 511 g/mol. The van der Waals surface area contributed by atoms with Gasteiger partial charge >= 0.3 is 0 Å². The number of piperidine rings is 1. The maximum atomic E-state index is 13.7. The van der Waals surface area contributed by atoms with Crippen LogP contribution < -0.4 is 15.0 Å². The molecule has 1 aromatic heterocycles. The normalized spacial score (nSPS) is 14.2. The summed E-state index contributed by atoms with van der Waals surface area (Å²) in [6, 6.07) is 7.29. The van der Waals surface area contributed by atoms with Gasteiger partial charge in [0.25, 0.3) is 0 Å². The zero-order chi connectivity index (χ0) is 25.7. The fourth-order valence-electron chi connectivity index (χ4n) is 4.22. The van der Waals surface area contributed by atoms with Gasteiger partial charge in [0.2, 0.25) is 11.8 Å². The van der Waals surface area contributed by atoms with Gasteiger partial charge in [-0.1, -0.05) is 24.1 Å². The van der Waals surface area contributed by atoms with E-state index in [1.54, 1.807) is 12.1 Å². The third kappa shape index (κ3) is 5.80. The van der Waals surface area contributed by atoms with Crippen LogP contribution in [0.1, 0.15) is 26.2 Å². The molecule has 1 fully saturated rings. The van der Waals surface area contributed by atoms with E-state index in [2.05, 4.69) is 20.2 Å². The predicted molar refractivity (Wildman–Crippen MR) is 138 cm³/mol. The first-order chi connectivity index (χ1) is 17.4. The summed E-state index contributed by atoms with van der Waals surface area (Å²) >= 11 is 5.96. The molecule has 10 heteroatoms. The molecule has 2 aromatic carbocycles. The summed E-state index contributed by atoms with van der Waals surface area (Å²) < 4.78 is 19.2. The second kappa shape index (κ2) is 11.5. The van der Waals surface area contributed by atoms with E-state index in [4.69, 9.17) is 16.3 Å². The number of carbonyl (C=O) groups is 2. The minimum atomic E-state index is -0.598. The van der Waals surface area contributed by atoms with E-state index in [9.17, 15) is 14.0 Å². The number of aromatic nitrogens is 2. The lowest BCUT2D eigenvalue weighted by atomic mass is 10.1. The molecule has 1 saturated heterocycles. The molecule has 0 aliphatic carbocycles. The predicted octanol–water partition coefficient (Wildman–Crippen LogP) is 5.10. The van der Waals surface area contributed by atoms with Crippen molar-refractivity contribution >= 4 is 51.5 Å². The Balaban J connectivity index is 1.66. The van der Waals surface area contributed by atoms with E-state index >= 15 is 0 Å². The molecule has 2 heterocycles. The highest BCUT2D eigenvalue weighted by Gasteiger charge is 2.21. The van der Waals surface area contributed by atoms with Gasteiger partial charge in [0, 0.05) is 31.0 Å². The molecule has 1 aliphatic rings. The lowest BCUT2D eigenvalue weighted by molar-refractivity contribution is -0.116. The van der Waals surface area contributed by atoms with Crippen LogP contribution in [-0.4, -0.2) is 53.4 Å². The highest BCUT2D eigenvalue weighted by atomic mass is 35.5. The van der Waals surface area contributed by atoms with Crippen molar-refractivity contribution in [3.63, 3.8) is 0 Å². The van der Waals surface area contributed by atoms with E-state index in [0.29, 0.717) is 34.6 Å². The molecule has 0 bridgehead atoms. The summed E-state index contributed by atoms with van der Waals surface area (Å²) in [5.74, 6) is -0.603. The number of rotatable bonds is 7. The number of halogens is 2. The first kappa shape index (κ1) is 25.5. The fourth-order valence-corrected chi connectivity index (χ4v) is 4.39. The molecule has 0 spiro atoms. The molecule has 0 radical (unpaired) electrons. The van der Waals surface area contributed by atoms with Crippen LogP contribution in [0.4, 0.5) is 21.6 Å². The Morgan fingerprint density at radius 1 is 1.19 bits per heavy atom. The van der Waals surface area contributed by atoms with Crippen molar-refractivity contribution in [1.29, 1.82) is 0 Å². The Morgan fingerprint density at radius 2 is 1.97 bits per heavy atom. The van der Waals surface area contributed by atoms with E-state index in [1.807, 2.05) is 6.08 Å². The molecule has 0 unspecified atom stereocenters. The van der Waals surface area contributed by atoms with Crippen molar-refractivity contribution in [2.75, 3.05) is 37.0 Å². The molecule has 8 nitrogen and oxygen atoms in total. The smallest absolute Gasteiger partial charge is 0.248 e.